The number of hydrogen-bond acceptors (Lipinski definition) is 3. The Balaban J connectivity index is 0.00000242. The van der Waals surface area contributed by atoms with E-state index in [4.69, 9.17) is 5.73 Å². The lowest BCUT2D eigenvalue weighted by atomic mass is 10.1. The minimum Gasteiger partial charge on any atom is -0.350 e. The van der Waals surface area contributed by atoms with Crippen molar-refractivity contribution < 1.29 is 22.8 Å². The lowest BCUT2D eigenvalue weighted by molar-refractivity contribution is -0.137. The second-order valence-electron chi connectivity index (χ2n) is 6.72. The SMILES string of the molecule is CC.CC.CN(CCNC(=O)c1ccc(C(F)(F)F)cc1)C(=O)C(N)CCc1ccccc1. The van der Waals surface area contributed by atoms with Gasteiger partial charge in [-0.3, -0.25) is 9.59 Å². The molecular weight excluding hydrogens is 431 g/mol. The summed E-state index contributed by atoms with van der Waals surface area (Å²) in [5.41, 5.74) is 6.37. The number of nitrogens with zero attached hydrogens (tertiary/aromatic N) is 1. The third-order valence-electron chi connectivity index (χ3n) is 4.49. The summed E-state index contributed by atoms with van der Waals surface area (Å²) in [5, 5.41) is 2.58. The van der Waals surface area contributed by atoms with Crippen molar-refractivity contribution >= 4 is 11.8 Å². The van der Waals surface area contributed by atoms with Gasteiger partial charge >= 0.3 is 6.18 Å². The largest absolute Gasteiger partial charge is 0.416 e. The quantitative estimate of drug-likeness (QED) is 0.580. The Kier molecular flexibility index (Phi) is 14.5. The fraction of sp³-hybridized carbons (Fsp3) is 0.440. The molecule has 0 saturated carbocycles. The average molecular weight is 468 g/mol. The van der Waals surface area contributed by atoms with E-state index < -0.39 is 23.7 Å². The molecule has 0 aromatic heterocycles. The van der Waals surface area contributed by atoms with Crippen LogP contribution in [0.2, 0.25) is 0 Å². The number of carbonyl (C=O) groups is 2. The first kappa shape index (κ1) is 30.1. The van der Waals surface area contributed by atoms with E-state index in [0.29, 0.717) is 12.8 Å². The highest BCUT2D eigenvalue weighted by Gasteiger charge is 2.30. The van der Waals surface area contributed by atoms with Crippen LogP contribution < -0.4 is 11.1 Å². The molecule has 0 spiro atoms. The van der Waals surface area contributed by atoms with E-state index >= 15 is 0 Å². The smallest absolute Gasteiger partial charge is 0.350 e. The number of likely N-dealkylation sites (N-methyl/N-ethyl adjacent to an activating group) is 1. The van der Waals surface area contributed by atoms with Crippen LogP contribution in [-0.4, -0.2) is 42.9 Å². The number of nitrogens with two attached hydrogens (primary N) is 1. The maximum atomic E-state index is 12.6. The molecule has 3 N–H and O–H groups in total. The summed E-state index contributed by atoms with van der Waals surface area (Å²) in [6, 6.07) is 13.0. The number of nitrogens with one attached hydrogen (secondary N) is 1. The minimum absolute atomic E-state index is 0.117. The fourth-order valence-electron chi connectivity index (χ4n) is 2.73. The summed E-state index contributed by atoms with van der Waals surface area (Å²) in [5.74, 6) is -0.738. The van der Waals surface area contributed by atoms with Crippen LogP contribution in [0.25, 0.3) is 0 Å². The van der Waals surface area contributed by atoms with Gasteiger partial charge in [-0.05, 0) is 42.7 Å². The number of alkyl halides is 3. The van der Waals surface area contributed by atoms with Gasteiger partial charge in [-0.25, -0.2) is 0 Å². The van der Waals surface area contributed by atoms with E-state index in [2.05, 4.69) is 5.32 Å². The maximum absolute atomic E-state index is 12.6. The molecule has 5 nitrogen and oxygen atoms in total. The van der Waals surface area contributed by atoms with Crippen molar-refractivity contribution in [2.75, 3.05) is 20.1 Å². The van der Waals surface area contributed by atoms with Crippen LogP contribution in [0, 0.1) is 0 Å². The second-order valence-corrected chi connectivity index (χ2v) is 6.72. The van der Waals surface area contributed by atoms with Crippen LogP contribution in [0.5, 0.6) is 0 Å². The molecule has 0 aliphatic carbocycles. The van der Waals surface area contributed by atoms with E-state index in [1.54, 1.807) is 7.05 Å². The zero-order valence-corrected chi connectivity index (χ0v) is 20.1. The normalized spacial score (nSPS) is 11.2. The second kappa shape index (κ2) is 15.9. The number of carbonyl (C=O) groups excluding carboxylic acids is 2. The molecular formula is C25H36F3N3O2. The van der Waals surface area contributed by atoms with E-state index in [1.165, 1.54) is 4.90 Å². The molecule has 33 heavy (non-hydrogen) atoms. The fourth-order valence-corrected chi connectivity index (χ4v) is 2.73. The van der Waals surface area contributed by atoms with Gasteiger partial charge in [-0.1, -0.05) is 58.0 Å². The summed E-state index contributed by atoms with van der Waals surface area (Å²) in [6.45, 7) is 8.40. The topological polar surface area (TPSA) is 75.4 Å². The molecule has 0 aliphatic rings. The van der Waals surface area contributed by atoms with Gasteiger partial charge < -0.3 is 16.0 Å². The van der Waals surface area contributed by atoms with Gasteiger partial charge in [0, 0.05) is 25.7 Å². The Morgan fingerprint density at radius 2 is 1.52 bits per heavy atom. The molecule has 2 aromatic rings. The molecule has 2 aromatic carbocycles. The van der Waals surface area contributed by atoms with Crippen molar-refractivity contribution in [1.29, 1.82) is 0 Å². The molecule has 0 aliphatic heterocycles. The third-order valence-corrected chi connectivity index (χ3v) is 4.49. The number of benzene rings is 2. The Morgan fingerprint density at radius 1 is 0.970 bits per heavy atom. The van der Waals surface area contributed by atoms with Crippen molar-refractivity contribution in [3.63, 3.8) is 0 Å². The molecule has 2 rings (SSSR count). The highest BCUT2D eigenvalue weighted by atomic mass is 19.4. The molecule has 0 saturated heterocycles. The first-order valence-electron chi connectivity index (χ1n) is 11.2. The zero-order chi connectivity index (χ0) is 25.4. The Hall–Kier alpha value is -2.87. The number of amides is 2. The predicted octanol–water partition coefficient (Wildman–Crippen LogP) is 4.91. The van der Waals surface area contributed by atoms with Crippen molar-refractivity contribution in [2.45, 2.75) is 52.8 Å². The lowest BCUT2D eigenvalue weighted by Crippen LogP contribution is -2.44. The number of aryl methyl sites for hydroxylation is 1. The molecule has 1 unspecified atom stereocenters. The van der Waals surface area contributed by atoms with Gasteiger partial charge in [0.05, 0.1) is 11.6 Å². The van der Waals surface area contributed by atoms with Crippen LogP contribution in [0.1, 0.15) is 55.6 Å². The van der Waals surface area contributed by atoms with E-state index in [-0.39, 0.29) is 24.6 Å². The Bertz CT molecular complexity index is 810. The van der Waals surface area contributed by atoms with Gasteiger partial charge in [0.25, 0.3) is 5.91 Å². The van der Waals surface area contributed by atoms with E-state index in [9.17, 15) is 22.8 Å². The van der Waals surface area contributed by atoms with Gasteiger partial charge in [-0.15, -0.1) is 0 Å². The number of rotatable bonds is 8. The Morgan fingerprint density at radius 3 is 2.03 bits per heavy atom. The number of hydrogen-bond donors (Lipinski definition) is 2. The predicted molar refractivity (Wildman–Crippen MR) is 127 cm³/mol. The van der Waals surface area contributed by atoms with Crippen molar-refractivity contribution in [1.82, 2.24) is 10.2 Å². The molecule has 184 valence electrons. The van der Waals surface area contributed by atoms with Gasteiger partial charge in [-0.2, -0.15) is 13.2 Å². The van der Waals surface area contributed by atoms with E-state index in [0.717, 1.165) is 29.8 Å². The maximum Gasteiger partial charge on any atom is 0.416 e. The van der Waals surface area contributed by atoms with Crippen molar-refractivity contribution in [3.05, 3.63) is 71.3 Å². The highest BCUT2D eigenvalue weighted by Crippen LogP contribution is 2.29. The van der Waals surface area contributed by atoms with Crippen LogP contribution in [0.4, 0.5) is 13.2 Å². The van der Waals surface area contributed by atoms with Crippen LogP contribution in [0.3, 0.4) is 0 Å². The summed E-state index contributed by atoms with van der Waals surface area (Å²) in [4.78, 5) is 25.8. The summed E-state index contributed by atoms with van der Waals surface area (Å²) in [6.07, 6.45) is -3.26. The summed E-state index contributed by atoms with van der Waals surface area (Å²) in [7, 11) is 1.59. The first-order valence-corrected chi connectivity index (χ1v) is 11.2. The molecule has 0 radical (unpaired) electrons. The number of halogens is 3. The third kappa shape index (κ3) is 11.0. The van der Waals surface area contributed by atoms with Crippen LogP contribution >= 0.6 is 0 Å². The summed E-state index contributed by atoms with van der Waals surface area (Å²) < 4.78 is 37.7. The zero-order valence-electron chi connectivity index (χ0n) is 20.1. The van der Waals surface area contributed by atoms with Crippen LogP contribution in [-0.2, 0) is 17.4 Å². The average Bonchev–Trinajstić information content (AvgIpc) is 2.84. The molecule has 2 amide bonds. The molecule has 0 bridgehead atoms. The molecule has 1 atom stereocenters. The molecule has 0 fully saturated rings. The molecule has 0 heterocycles. The van der Waals surface area contributed by atoms with Gasteiger partial charge in [0.15, 0.2) is 0 Å². The lowest BCUT2D eigenvalue weighted by Gasteiger charge is -2.21. The summed E-state index contributed by atoms with van der Waals surface area (Å²) >= 11 is 0. The van der Waals surface area contributed by atoms with Gasteiger partial charge in [0.1, 0.15) is 0 Å². The van der Waals surface area contributed by atoms with Crippen molar-refractivity contribution in [3.8, 4) is 0 Å². The highest BCUT2D eigenvalue weighted by molar-refractivity contribution is 5.94. The molecule has 8 heteroatoms. The first-order chi connectivity index (χ1) is 15.7. The van der Waals surface area contributed by atoms with Crippen molar-refractivity contribution in [2.24, 2.45) is 5.73 Å². The van der Waals surface area contributed by atoms with Gasteiger partial charge in [0.2, 0.25) is 5.91 Å². The van der Waals surface area contributed by atoms with E-state index in [1.807, 2.05) is 58.0 Å². The standard InChI is InChI=1S/C21H24F3N3O2.2C2H6/c1-27(20(29)18(25)12-7-15-5-3-2-4-6-15)14-13-26-19(28)16-8-10-17(11-9-16)21(22,23)24;2*1-2/h2-6,8-11,18H,7,12-14,25H2,1H3,(H,26,28);2*1-2H3. The van der Waals surface area contributed by atoms with Crippen LogP contribution in [0.15, 0.2) is 54.6 Å². The minimum atomic E-state index is -4.45. The monoisotopic (exact) mass is 467 g/mol. The Labute approximate surface area is 195 Å².